The number of para-hydroxylation sites is 1. The van der Waals surface area contributed by atoms with Crippen molar-refractivity contribution >= 4 is 28.6 Å². The summed E-state index contributed by atoms with van der Waals surface area (Å²) in [5.41, 5.74) is 3.22. The highest BCUT2D eigenvalue weighted by Crippen LogP contribution is 2.30. The largest absolute Gasteiger partial charge is 0.449 e. The number of rotatable bonds is 6. The van der Waals surface area contributed by atoms with E-state index in [0.717, 1.165) is 47.8 Å². The van der Waals surface area contributed by atoms with Gasteiger partial charge in [0.15, 0.2) is 6.10 Å². The number of carbonyl (C=O) groups is 2. The molecule has 0 fully saturated rings. The molecule has 0 bridgehead atoms. The molecule has 1 aliphatic rings. The first-order chi connectivity index (χ1) is 14.5. The van der Waals surface area contributed by atoms with Crippen LogP contribution in [-0.4, -0.2) is 32.7 Å². The molecule has 1 aromatic carbocycles. The van der Waals surface area contributed by atoms with Crippen LogP contribution in [-0.2, 0) is 22.4 Å². The molecule has 30 heavy (non-hydrogen) atoms. The third kappa shape index (κ3) is 3.67. The fraction of sp³-hybridized carbons (Fsp3) is 0.391. The first-order valence-corrected chi connectivity index (χ1v) is 10.5. The van der Waals surface area contributed by atoms with Crippen LogP contribution in [0, 0.1) is 0 Å². The van der Waals surface area contributed by atoms with E-state index >= 15 is 0 Å². The number of pyridine rings is 1. The summed E-state index contributed by atoms with van der Waals surface area (Å²) in [6, 6.07) is 9.46. The minimum absolute atomic E-state index is 0.152. The van der Waals surface area contributed by atoms with Crippen molar-refractivity contribution in [3.05, 3.63) is 53.3 Å². The summed E-state index contributed by atoms with van der Waals surface area (Å²) in [5, 5.41) is 7.86. The van der Waals surface area contributed by atoms with Crippen molar-refractivity contribution in [2.75, 3.05) is 5.32 Å². The van der Waals surface area contributed by atoms with E-state index < -0.39 is 12.1 Å². The SMILES string of the molecule is CC[C@@H](C)n1nccc1NC(=O)[C@@H](C)OC(=O)c1c2c(nc3ccccc13)CCC2. The molecule has 3 aromatic rings. The summed E-state index contributed by atoms with van der Waals surface area (Å²) in [6.07, 6.45) is 4.21. The van der Waals surface area contributed by atoms with Crippen molar-refractivity contribution in [2.24, 2.45) is 0 Å². The predicted molar refractivity (Wildman–Crippen MR) is 115 cm³/mol. The third-order valence-corrected chi connectivity index (χ3v) is 5.71. The molecule has 156 valence electrons. The van der Waals surface area contributed by atoms with Crippen molar-refractivity contribution in [2.45, 2.75) is 58.6 Å². The van der Waals surface area contributed by atoms with Crippen molar-refractivity contribution < 1.29 is 14.3 Å². The van der Waals surface area contributed by atoms with Crippen LogP contribution >= 0.6 is 0 Å². The molecule has 7 heteroatoms. The lowest BCUT2D eigenvalue weighted by molar-refractivity contribution is -0.123. The van der Waals surface area contributed by atoms with Gasteiger partial charge in [-0.2, -0.15) is 5.10 Å². The second kappa shape index (κ2) is 8.26. The molecule has 0 saturated carbocycles. The van der Waals surface area contributed by atoms with E-state index in [2.05, 4.69) is 17.3 Å². The van der Waals surface area contributed by atoms with Crippen LogP contribution in [0.1, 0.15) is 61.3 Å². The summed E-state index contributed by atoms with van der Waals surface area (Å²) < 4.78 is 7.36. The lowest BCUT2D eigenvalue weighted by Crippen LogP contribution is -2.31. The van der Waals surface area contributed by atoms with Crippen molar-refractivity contribution in [1.29, 1.82) is 0 Å². The van der Waals surface area contributed by atoms with Crippen LogP contribution in [0.3, 0.4) is 0 Å². The number of fused-ring (bicyclic) bond motifs is 2. The molecule has 4 rings (SSSR count). The molecule has 1 N–H and O–H groups in total. The fourth-order valence-electron chi connectivity index (χ4n) is 3.88. The molecule has 2 atom stereocenters. The fourth-order valence-corrected chi connectivity index (χ4v) is 3.88. The maximum absolute atomic E-state index is 13.1. The van der Waals surface area contributed by atoms with Gasteiger partial charge in [-0.05, 0) is 51.2 Å². The summed E-state index contributed by atoms with van der Waals surface area (Å²) >= 11 is 0. The molecule has 1 aliphatic carbocycles. The normalized spacial score (nSPS) is 14.9. The number of hydrogen-bond acceptors (Lipinski definition) is 5. The molecule has 7 nitrogen and oxygen atoms in total. The number of hydrogen-bond donors (Lipinski definition) is 1. The van der Waals surface area contributed by atoms with E-state index in [9.17, 15) is 9.59 Å². The van der Waals surface area contributed by atoms with Crippen molar-refractivity contribution in [3.8, 4) is 0 Å². The van der Waals surface area contributed by atoms with Crippen LogP contribution in [0.5, 0.6) is 0 Å². The Morgan fingerprint density at radius 2 is 2.00 bits per heavy atom. The molecule has 0 saturated heterocycles. The highest BCUT2D eigenvalue weighted by Gasteiger charge is 2.27. The molecule has 1 amide bonds. The predicted octanol–water partition coefficient (Wildman–Crippen LogP) is 4.08. The Morgan fingerprint density at radius 3 is 2.80 bits per heavy atom. The number of nitrogens with zero attached hydrogens (tertiary/aromatic N) is 3. The van der Waals surface area contributed by atoms with Crippen LogP contribution in [0.25, 0.3) is 10.9 Å². The zero-order valence-corrected chi connectivity index (χ0v) is 17.5. The molecule has 0 radical (unpaired) electrons. The lowest BCUT2D eigenvalue weighted by Gasteiger charge is -2.18. The van der Waals surface area contributed by atoms with E-state index in [-0.39, 0.29) is 11.9 Å². The van der Waals surface area contributed by atoms with Crippen molar-refractivity contribution in [1.82, 2.24) is 14.8 Å². The third-order valence-electron chi connectivity index (χ3n) is 5.71. The molecule has 0 aliphatic heterocycles. The zero-order chi connectivity index (χ0) is 21.3. The van der Waals surface area contributed by atoms with Crippen LogP contribution < -0.4 is 5.32 Å². The Morgan fingerprint density at radius 1 is 1.20 bits per heavy atom. The number of aryl methyl sites for hydroxylation is 1. The first kappa shape index (κ1) is 20.1. The zero-order valence-electron chi connectivity index (χ0n) is 17.5. The average molecular weight is 406 g/mol. The van der Waals surface area contributed by atoms with Gasteiger partial charge >= 0.3 is 5.97 Å². The summed E-state index contributed by atoms with van der Waals surface area (Å²) in [5.74, 6) is -0.277. The standard InChI is InChI=1S/C23H26N4O3/c1-4-14(2)27-20(12-13-24-27)26-22(28)15(3)30-23(29)21-16-8-5-6-10-18(16)25-19-11-7-9-17(19)21/h5-6,8,10,12-15H,4,7,9,11H2,1-3H3,(H,26,28)/t14-,15-/m1/s1. The van der Waals surface area contributed by atoms with Gasteiger partial charge in [-0.1, -0.05) is 25.1 Å². The lowest BCUT2D eigenvalue weighted by atomic mass is 10.0. The minimum Gasteiger partial charge on any atom is -0.449 e. The second-order valence-corrected chi connectivity index (χ2v) is 7.74. The monoisotopic (exact) mass is 406 g/mol. The molecule has 0 spiro atoms. The van der Waals surface area contributed by atoms with Gasteiger partial charge in [0.2, 0.25) is 0 Å². The second-order valence-electron chi connectivity index (χ2n) is 7.74. The summed E-state index contributed by atoms with van der Waals surface area (Å²) in [6.45, 7) is 5.67. The van der Waals surface area contributed by atoms with Gasteiger partial charge in [0, 0.05) is 17.1 Å². The number of esters is 1. The van der Waals surface area contributed by atoms with Gasteiger partial charge in [-0.3, -0.25) is 9.78 Å². The van der Waals surface area contributed by atoms with Crippen LogP contribution in [0.2, 0.25) is 0 Å². The number of aromatic nitrogens is 3. The minimum atomic E-state index is -0.943. The quantitative estimate of drug-likeness (QED) is 0.624. The number of benzene rings is 1. The molecule has 0 unspecified atom stereocenters. The van der Waals surface area contributed by atoms with E-state index in [1.54, 1.807) is 23.9 Å². The summed E-state index contributed by atoms with van der Waals surface area (Å²) in [7, 11) is 0. The maximum Gasteiger partial charge on any atom is 0.339 e. The Balaban J connectivity index is 1.55. The Hall–Kier alpha value is -3.22. The summed E-state index contributed by atoms with van der Waals surface area (Å²) in [4.78, 5) is 30.5. The highest BCUT2D eigenvalue weighted by atomic mass is 16.5. The Kier molecular flexibility index (Phi) is 5.53. The van der Waals surface area contributed by atoms with Gasteiger partial charge in [0.25, 0.3) is 5.91 Å². The van der Waals surface area contributed by atoms with E-state index in [4.69, 9.17) is 9.72 Å². The number of nitrogens with one attached hydrogen (secondary N) is 1. The van der Waals surface area contributed by atoms with Gasteiger partial charge in [-0.25, -0.2) is 9.48 Å². The van der Waals surface area contributed by atoms with Gasteiger partial charge < -0.3 is 10.1 Å². The number of ether oxygens (including phenoxy) is 1. The van der Waals surface area contributed by atoms with Gasteiger partial charge in [0.1, 0.15) is 5.82 Å². The maximum atomic E-state index is 13.1. The topological polar surface area (TPSA) is 86.1 Å². The van der Waals surface area contributed by atoms with Gasteiger partial charge in [0.05, 0.1) is 23.3 Å². The molecular formula is C23H26N4O3. The highest BCUT2D eigenvalue weighted by molar-refractivity contribution is 6.06. The van der Waals surface area contributed by atoms with Gasteiger partial charge in [-0.15, -0.1) is 0 Å². The Bertz CT molecular complexity index is 1110. The average Bonchev–Trinajstić information content (AvgIpc) is 3.40. The van der Waals surface area contributed by atoms with Crippen LogP contribution in [0.15, 0.2) is 36.5 Å². The number of amides is 1. The smallest absolute Gasteiger partial charge is 0.339 e. The first-order valence-electron chi connectivity index (χ1n) is 10.5. The van der Waals surface area contributed by atoms with E-state index in [1.807, 2.05) is 31.2 Å². The molecule has 2 aromatic heterocycles. The van der Waals surface area contributed by atoms with E-state index in [1.165, 1.54) is 0 Å². The molecule has 2 heterocycles. The van der Waals surface area contributed by atoms with Crippen LogP contribution in [0.4, 0.5) is 5.82 Å². The van der Waals surface area contributed by atoms with E-state index in [0.29, 0.717) is 11.4 Å². The molecular weight excluding hydrogens is 380 g/mol. The number of anilines is 1. The Labute approximate surface area is 175 Å². The number of carbonyl (C=O) groups excluding carboxylic acids is 2. The van der Waals surface area contributed by atoms with Crippen molar-refractivity contribution in [3.63, 3.8) is 0 Å².